The molecule has 18 heavy (non-hydrogen) atoms. The molecule has 3 nitrogen and oxygen atoms in total. The van der Waals surface area contributed by atoms with Gasteiger partial charge in [0, 0.05) is 5.69 Å². The van der Waals surface area contributed by atoms with Crippen LogP contribution >= 0.6 is 0 Å². The number of carbonyl (C=O) groups excluding carboxylic acids is 1. The van der Waals surface area contributed by atoms with Crippen LogP contribution in [-0.2, 0) is 4.79 Å². The molecule has 0 aliphatic heterocycles. The van der Waals surface area contributed by atoms with Crippen molar-refractivity contribution >= 4 is 11.6 Å². The average Bonchev–Trinajstić information content (AvgIpc) is 2.21. The smallest absolute Gasteiger partial charge is 0.376 e. The van der Waals surface area contributed by atoms with Gasteiger partial charge in [0.25, 0.3) is 0 Å². The van der Waals surface area contributed by atoms with E-state index in [1.54, 1.807) is 5.32 Å². The SMILES string of the molecule is Cc1cc(C)cc(NCC(=O)NCC(F)(F)F)c1. The molecule has 1 rings (SSSR count). The number of nitrogens with one attached hydrogen (secondary N) is 2. The van der Waals surface area contributed by atoms with Gasteiger partial charge in [0.2, 0.25) is 5.91 Å². The monoisotopic (exact) mass is 260 g/mol. The second kappa shape index (κ2) is 5.75. The number of anilines is 1. The third-order valence-electron chi connectivity index (χ3n) is 2.16. The summed E-state index contributed by atoms with van der Waals surface area (Å²) < 4.78 is 35.5. The van der Waals surface area contributed by atoms with Gasteiger partial charge in [0.15, 0.2) is 0 Å². The van der Waals surface area contributed by atoms with E-state index < -0.39 is 18.6 Å². The first kappa shape index (κ1) is 14.3. The minimum Gasteiger partial charge on any atom is -0.376 e. The number of hydrogen-bond donors (Lipinski definition) is 2. The number of halogens is 3. The van der Waals surface area contributed by atoms with E-state index in [0.717, 1.165) is 16.8 Å². The number of carbonyl (C=O) groups is 1. The highest BCUT2D eigenvalue weighted by molar-refractivity contribution is 5.80. The lowest BCUT2D eigenvalue weighted by Crippen LogP contribution is -2.37. The number of benzene rings is 1. The fraction of sp³-hybridized carbons (Fsp3) is 0.417. The Morgan fingerprint density at radius 1 is 1.17 bits per heavy atom. The number of amides is 1. The largest absolute Gasteiger partial charge is 0.405 e. The van der Waals surface area contributed by atoms with Crippen LogP contribution in [0.3, 0.4) is 0 Å². The fourth-order valence-corrected chi connectivity index (χ4v) is 1.52. The molecule has 0 saturated carbocycles. The van der Waals surface area contributed by atoms with Crippen molar-refractivity contribution in [2.24, 2.45) is 0 Å². The fourth-order valence-electron chi connectivity index (χ4n) is 1.52. The molecule has 0 bridgehead atoms. The molecule has 1 amide bonds. The molecule has 1 aromatic rings. The van der Waals surface area contributed by atoms with E-state index in [9.17, 15) is 18.0 Å². The van der Waals surface area contributed by atoms with Crippen LogP contribution in [0.2, 0.25) is 0 Å². The van der Waals surface area contributed by atoms with Crippen molar-refractivity contribution in [1.29, 1.82) is 0 Å². The first-order valence-corrected chi connectivity index (χ1v) is 5.42. The predicted molar refractivity (Wildman–Crippen MR) is 63.5 cm³/mol. The lowest BCUT2D eigenvalue weighted by atomic mass is 10.1. The van der Waals surface area contributed by atoms with Crippen molar-refractivity contribution in [3.05, 3.63) is 29.3 Å². The summed E-state index contributed by atoms with van der Waals surface area (Å²) in [7, 11) is 0. The predicted octanol–water partition coefficient (Wildman–Crippen LogP) is 2.39. The van der Waals surface area contributed by atoms with E-state index >= 15 is 0 Å². The lowest BCUT2D eigenvalue weighted by molar-refractivity contribution is -0.137. The number of aryl methyl sites for hydroxylation is 2. The van der Waals surface area contributed by atoms with Crippen molar-refractivity contribution in [3.63, 3.8) is 0 Å². The van der Waals surface area contributed by atoms with E-state index in [1.165, 1.54) is 0 Å². The van der Waals surface area contributed by atoms with E-state index in [2.05, 4.69) is 5.32 Å². The minimum absolute atomic E-state index is 0.182. The third-order valence-corrected chi connectivity index (χ3v) is 2.16. The van der Waals surface area contributed by atoms with E-state index in [1.807, 2.05) is 32.0 Å². The molecule has 0 radical (unpaired) electrons. The molecule has 6 heteroatoms. The minimum atomic E-state index is -4.38. The van der Waals surface area contributed by atoms with Crippen molar-refractivity contribution in [2.45, 2.75) is 20.0 Å². The van der Waals surface area contributed by atoms with Crippen LogP contribution in [0.5, 0.6) is 0 Å². The first-order chi connectivity index (χ1) is 8.26. The summed E-state index contributed by atoms with van der Waals surface area (Å²) in [5.74, 6) is -0.688. The Morgan fingerprint density at radius 3 is 2.22 bits per heavy atom. The Bertz CT molecular complexity index is 410. The van der Waals surface area contributed by atoms with Crippen LogP contribution in [0.1, 0.15) is 11.1 Å². The molecule has 0 atom stereocenters. The van der Waals surface area contributed by atoms with Crippen molar-refractivity contribution in [1.82, 2.24) is 5.32 Å². The van der Waals surface area contributed by atoms with Crippen molar-refractivity contribution < 1.29 is 18.0 Å². The van der Waals surface area contributed by atoms with Gasteiger partial charge in [-0.1, -0.05) is 6.07 Å². The maximum atomic E-state index is 11.8. The average molecular weight is 260 g/mol. The third kappa shape index (κ3) is 5.56. The number of hydrogen-bond acceptors (Lipinski definition) is 2. The molecule has 0 aliphatic carbocycles. The molecule has 0 unspecified atom stereocenters. The molecule has 0 aliphatic rings. The summed E-state index contributed by atoms with van der Waals surface area (Å²) in [5, 5.41) is 4.58. The van der Waals surface area contributed by atoms with Crippen molar-refractivity contribution in [2.75, 3.05) is 18.4 Å². The van der Waals surface area contributed by atoms with Crippen LogP contribution in [0, 0.1) is 13.8 Å². The first-order valence-electron chi connectivity index (χ1n) is 5.42. The maximum absolute atomic E-state index is 11.8. The summed E-state index contributed by atoms with van der Waals surface area (Å²) in [5.41, 5.74) is 2.76. The van der Waals surface area contributed by atoms with Gasteiger partial charge in [0.1, 0.15) is 6.54 Å². The molecule has 100 valence electrons. The van der Waals surface area contributed by atoms with Gasteiger partial charge in [-0.3, -0.25) is 4.79 Å². The normalized spacial score (nSPS) is 11.2. The molecule has 1 aromatic carbocycles. The molecular weight excluding hydrogens is 245 g/mol. The molecule has 0 saturated heterocycles. The molecule has 0 spiro atoms. The number of rotatable bonds is 4. The van der Waals surface area contributed by atoms with Gasteiger partial charge in [-0.25, -0.2) is 0 Å². The highest BCUT2D eigenvalue weighted by Gasteiger charge is 2.27. The quantitative estimate of drug-likeness (QED) is 0.872. The summed E-state index contributed by atoms with van der Waals surface area (Å²) in [6.07, 6.45) is -4.38. The Kier molecular flexibility index (Phi) is 4.58. The van der Waals surface area contributed by atoms with Crippen LogP contribution < -0.4 is 10.6 Å². The molecule has 0 aromatic heterocycles. The van der Waals surface area contributed by atoms with Gasteiger partial charge >= 0.3 is 6.18 Å². The summed E-state index contributed by atoms with van der Waals surface area (Å²) in [6, 6.07) is 5.61. The van der Waals surface area contributed by atoms with E-state index in [0.29, 0.717) is 0 Å². The topological polar surface area (TPSA) is 41.1 Å². The highest BCUT2D eigenvalue weighted by atomic mass is 19.4. The molecular formula is C12H15F3N2O. The standard InChI is InChI=1S/C12H15F3N2O/c1-8-3-9(2)5-10(4-8)16-6-11(18)17-7-12(13,14)15/h3-5,16H,6-7H2,1-2H3,(H,17,18). The molecule has 0 fully saturated rings. The highest BCUT2D eigenvalue weighted by Crippen LogP contribution is 2.14. The van der Waals surface area contributed by atoms with Gasteiger partial charge in [0.05, 0.1) is 6.54 Å². The lowest BCUT2D eigenvalue weighted by Gasteiger charge is -2.10. The Morgan fingerprint density at radius 2 is 1.72 bits per heavy atom. The maximum Gasteiger partial charge on any atom is 0.405 e. The summed E-state index contributed by atoms with van der Waals surface area (Å²) in [4.78, 5) is 11.2. The zero-order valence-corrected chi connectivity index (χ0v) is 10.2. The zero-order valence-electron chi connectivity index (χ0n) is 10.2. The Hall–Kier alpha value is -1.72. The number of alkyl halides is 3. The second-order valence-corrected chi connectivity index (χ2v) is 4.12. The Labute approximate surface area is 103 Å². The van der Waals surface area contributed by atoms with E-state index in [-0.39, 0.29) is 6.54 Å². The van der Waals surface area contributed by atoms with Crippen LogP contribution in [0.4, 0.5) is 18.9 Å². The van der Waals surface area contributed by atoms with Gasteiger partial charge < -0.3 is 10.6 Å². The van der Waals surface area contributed by atoms with Crippen LogP contribution in [0.25, 0.3) is 0 Å². The van der Waals surface area contributed by atoms with Gasteiger partial charge in [-0.05, 0) is 37.1 Å². The van der Waals surface area contributed by atoms with Gasteiger partial charge in [-0.2, -0.15) is 13.2 Å². The van der Waals surface area contributed by atoms with E-state index in [4.69, 9.17) is 0 Å². The summed E-state index contributed by atoms with van der Waals surface area (Å²) in [6.45, 7) is 2.32. The zero-order chi connectivity index (χ0) is 13.8. The molecule has 0 heterocycles. The van der Waals surface area contributed by atoms with Crippen LogP contribution in [0.15, 0.2) is 18.2 Å². The molecule has 2 N–H and O–H groups in total. The summed E-state index contributed by atoms with van der Waals surface area (Å²) >= 11 is 0. The van der Waals surface area contributed by atoms with Crippen molar-refractivity contribution in [3.8, 4) is 0 Å². The Balaban J connectivity index is 2.43. The van der Waals surface area contributed by atoms with Gasteiger partial charge in [-0.15, -0.1) is 0 Å². The van der Waals surface area contributed by atoms with Crippen LogP contribution in [-0.4, -0.2) is 25.2 Å². The second-order valence-electron chi connectivity index (χ2n) is 4.12.